The molecule has 0 aliphatic rings. The van der Waals surface area contributed by atoms with Gasteiger partial charge in [-0.25, -0.2) is 10.2 Å². The SMILES string of the molecule is Brc1nncs1.N=C=O. The summed E-state index contributed by atoms with van der Waals surface area (Å²) in [6.07, 6.45) is 0.750. The Kier molecular flexibility index (Phi) is 5.20. The van der Waals surface area contributed by atoms with E-state index in [2.05, 4.69) is 26.1 Å². The van der Waals surface area contributed by atoms with E-state index in [0.29, 0.717) is 0 Å². The third-order valence-corrected chi connectivity index (χ3v) is 1.53. The van der Waals surface area contributed by atoms with Gasteiger partial charge in [0.15, 0.2) is 3.92 Å². The van der Waals surface area contributed by atoms with E-state index in [1.807, 2.05) is 0 Å². The molecule has 0 amide bonds. The molecule has 0 atom stereocenters. The number of aromatic nitrogens is 2. The van der Waals surface area contributed by atoms with Crippen LogP contribution in [0.3, 0.4) is 0 Å². The van der Waals surface area contributed by atoms with Crippen LogP contribution in [0.4, 0.5) is 0 Å². The van der Waals surface area contributed by atoms with Crippen LogP contribution in [-0.2, 0) is 4.79 Å². The maximum absolute atomic E-state index is 8.35. The monoisotopic (exact) mass is 207 g/mol. The van der Waals surface area contributed by atoms with Crippen molar-refractivity contribution in [2.24, 2.45) is 0 Å². The van der Waals surface area contributed by atoms with Crippen molar-refractivity contribution in [3.8, 4) is 0 Å². The Morgan fingerprint density at radius 2 is 2.44 bits per heavy atom. The largest absolute Gasteiger partial charge is 0.231 e. The molecule has 0 bridgehead atoms. The zero-order valence-electron chi connectivity index (χ0n) is 4.17. The second-order valence-corrected chi connectivity index (χ2v) is 2.90. The quantitative estimate of drug-likeness (QED) is 0.514. The predicted molar refractivity (Wildman–Crippen MR) is 36.0 cm³/mol. The van der Waals surface area contributed by atoms with Crippen LogP contribution >= 0.6 is 27.3 Å². The summed E-state index contributed by atoms with van der Waals surface area (Å²) < 4.78 is 0.836. The summed E-state index contributed by atoms with van der Waals surface area (Å²) >= 11 is 4.60. The number of nitrogens with one attached hydrogen (secondary N) is 1. The molecule has 4 nitrogen and oxygen atoms in total. The van der Waals surface area contributed by atoms with Gasteiger partial charge in [0.1, 0.15) is 5.51 Å². The first-order chi connectivity index (χ1) is 4.31. The van der Waals surface area contributed by atoms with Crippen LogP contribution in [0.15, 0.2) is 9.43 Å². The van der Waals surface area contributed by atoms with Gasteiger partial charge < -0.3 is 0 Å². The topological polar surface area (TPSA) is 66.7 Å². The fourth-order valence-corrected chi connectivity index (χ4v) is 0.777. The van der Waals surface area contributed by atoms with Crippen molar-refractivity contribution < 1.29 is 4.79 Å². The number of hydrogen-bond acceptors (Lipinski definition) is 5. The van der Waals surface area contributed by atoms with Crippen LogP contribution in [0.25, 0.3) is 0 Å². The van der Waals surface area contributed by atoms with E-state index in [1.54, 1.807) is 5.51 Å². The maximum Gasteiger partial charge on any atom is 0.231 e. The van der Waals surface area contributed by atoms with Crippen molar-refractivity contribution in [1.29, 1.82) is 5.41 Å². The molecule has 48 valence electrons. The van der Waals surface area contributed by atoms with Crippen molar-refractivity contribution in [3.63, 3.8) is 0 Å². The highest BCUT2D eigenvalue weighted by atomic mass is 79.9. The van der Waals surface area contributed by atoms with Gasteiger partial charge in [0.25, 0.3) is 0 Å². The highest BCUT2D eigenvalue weighted by molar-refractivity contribution is 9.11. The summed E-state index contributed by atoms with van der Waals surface area (Å²) in [6, 6.07) is 0. The van der Waals surface area contributed by atoms with Crippen molar-refractivity contribution in [1.82, 2.24) is 10.2 Å². The molecule has 0 saturated carbocycles. The zero-order chi connectivity index (χ0) is 7.11. The van der Waals surface area contributed by atoms with Crippen LogP contribution in [0.1, 0.15) is 0 Å². The number of carbonyl (C=O) groups excluding carboxylic acids is 1. The van der Waals surface area contributed by atoms with E-state index in [9.17, 15) is 0 Å². The van der Waals surface area contributed by atoms with Crippen LogP contribution < -0.4 is 0 Å². The van der Waals surface area contributed by atoms with Gasteiger partial charge in [-0.1, -0.05) is 11.3 Å². The van der Waals surface area contributed by atoms with Gasteiger partial charge in [-0.05, 0) is 15.9 Å². The summed E-state index contributed by atoms with van der Waals surface area (Å²) in [4.78, 5) is 8.35. The zero-order valence-corrected chi connectivity index (χ0v) is 6.57. The molecule has 0 fully saturated rings. The molecule has 0 aliphatic heterocycles. The molecule has 1 aromatic rings. The molecular formula is C3H2BrN3OS. The molecule has 1 heterocycles. The minimum absolute atomic E-state index is 0.750. The van der Waals surface area contributed by atoms with E-state index >= 15 is 0 Å². The number of isocyanates is 1. The van der Waals surface area contributed by atoms with Crippen LogP contribution in [0, 0.1) is 5.41 Å². The second kappa shape index (κ2) is 5.55. The molecule has 0 radical (unpaired) electrons. The Bertz CT molecular complexity index is 181. The van der Waals surface area contributed by atoms with Gasteiger partial charge >= 0.3 is 0 Å². The molecule has 0 aromatic carbocycles. The molecule has 6 heteroatoms. The van der Waals surface area contributed by atoms with Gasteiger partial charge in [0.2, 0.25) is 6.08 Å². The number of hydrogen-bond donors (Lipinski definition) is 1. The van der Waals surface area contributed by atoms with Gasteiger partial charge in [0, 0.05) is 0 Å². The summed E-state index contributed by atoms with van der Waals surface area (Å²) in [6.45, 7) is 0. The lowest BCUT2D eigenvalue weighted by molar-refractivity contribution is 0.563. The van der Waals surface area contributed by atoms with E-state index in [-0.39, 0.29) is 0 Å². The normalized spacial score (nSPS) is 6.78. The third-order valence-electron chi connectivity index (χ3n) is 0.333. The summed E-state index contributed by atoms with van der Waals surface area (Å²) in [7, 11) is 0. The van der Waals surface area contributed by atoms with Gasteiger partial charge in [-0.2, -0.15) is 0 Å². The summed E-state index contributed by atoms with van der Waals surface area (Å²) in [5.74, 6) is 0. The summed E-state index contributed by atoms with van der Waals surface area (Å²) in [5.41, 5.74) is 1.67. The maximum atomic E-state index is 8.35. The summed E-state index contributed by atoms with van der Waals surface area (Å²) in [5, 5.41) is 12.5. The molecule has 0 spiro atoms. The average molecular weight is 208 g/mol. The highest BCUT2D eigenvalue weighted by Crippen LogP contribution is 2.07. The Balaban J connectivity index is 0.000000187. The van der Waals surface area contributed by atoms with Crippen LogP contribution in [-0.4, -0.2) is 16.3 Å². The van der Waals surface area contributed by atoms with Crippen molar-refractivity contribution in [2.45, 2.75) is 0 Å². The molecular weight excluding hydrogens is 206 g/mol. The van der Waals surface area contributed by atoms with Gasteiger partial charge in [-0.15, -0.1) is 10.2 Å². The fourth-order valence-electron chi connectivity index (χ4n) is 0.160. The van der Waals surface area contributed by atoms with E-state index in [1.165, 1.54) is 11.3 Å². The molecule has 0 aliphatic carbocycles. The van der Waals surface area contributed by atoms with Gasteiger partial charge in [0.05, 0.1) is 0 Å². The fraction of sp³-hybridized carbons (Fsp3) is 0. The first-order valence-corrected chi connectivity index (χ1v) is 3.44. The van der Waals surface area contributed by atoms with Crippen LogP contribution in [0.2, 0.25) is 0 Å². The van der Waals surface area contributed by atoms with Crippen molar-refractivity contribution in [3.05, 3.63) is 9.43 Å². The molecule has 0 unspecified atom stereocenters. The first-order valence-electron chi connectivity index (χ1n) is 1.76. The van der Waals surface area contributed by atoms with E-state index in [4.69, 9.17) is 10.2 Å². The number of nitrogens with zero attached hydrogens (tertiary/aromatic N) is 2. The molecule has 1 rings (SSSR count). The first kappa shape index (κ1) is 8.42. The van der Waals surface area contributed by atoms with E-state index in [0.717, 1.165) is 10.00 Å². The predicted octanol–water partition coefficient (Wildman–Crippen LogP) is 1.20. The molecule has 1 N–H and O–H groups in total. The number of halogens is 1. The van der Waals surface area contributed by atoms with E-state index < -0.39 is 0 Å². The van der Waals surface area contributed by atoms with Crippen molar-refractivity contribution in [2.75, 3.05) is 0 Å². The number of rotatable bonds is 0. The Morgan fingerprint density at radius 3 is 2.56 bits per heavy atom. The lowest BCUT2D eigenvalue weighted by Crippen LogP contribution is -1.58. The van der Waals surface area contributed by atoms with Gasteiger partial charge in [-0.3, -0.25) is 0 Å². The smallest absolute Gasteiger partial charge is 0.222 e. The molecule has 0 saturated heterocycles. The standard InChI is InChI=1S/C2HBrN2S.CHNO/c3-2-5-4-1-6-2;2-1-3/h1H;2H. The lowest BCUT2D eigenvalue weighted by atomic mass is 11.6. The molecule has 1 aromatic heterocycles. The minimum Gasteiger partial charge on any atom is -0.222 e. The van der Waals surface area contributed by atoms with Crippen molar-refractivity contribution >= 4 is 33.3 Å². The Hall–Kier alpha value is -0.580. The molecule has 9 heavy (non-hydrogen) atoms. The Morgan fingerprint density at radius 1 is 1.89 bits per heavy atom. The highest BCUT2D eigenvalue weighted by Gasteiger charge is 1.80. The lowest BCUT2D eigenvalue weighted by Gasteiger charge is -1.58. The second-order valence-electron chi connectivity index (χ2n) is 0.794. The third kappa shape index (κ3) is 5.29. The van der Waals surface area contributed by atoms with Crippen LogP contribution in [0.5, 0.6) is 0 Å². The Labute approximate surface area is 63.6 Å². The minimum atomic E-state index is 0.750. The average Bonchev–Trinajstić information content (AvgIpc) is 2.20.